The standard InChI is InChI=1S/C12H18.C7H8.C3H8/c1-7-8(2)10(4)12(6)11(5)9(7)3;1-7-5-3-2-4-6-7;1-3-2/h1-6H3;2-6H,1H3;3H2,1-2H3. The first-order valence-electron chi connectivity index (χ1n) is 8.32. The molecule has 0 amide bonds. The van der Waals surface area contributed by atoms with E-state index >= 15 is 0 Å². The summed E-state index contributed by atoms with van der Waals surface area (Å²) in [4.78, 5) is 0. The Morgan fingerprint density at radius 3 is 0.864 bits per heavy atom. The zero-order valence-electron chi connectivity index (χ0n) is 16.1. The van der Waals surface area contributed by atoms with E-state index in [-0.39, 0.29) is 0 Å². The molecule has 0 aromatic heterocycles. The Morgan fingerprint density at radius 2 is 0.727 bits per heavy atom. The third-order valence-electron chi connectivity index (χ3n) is 4.32. The summed E-state index contributed by atoms with van der Waals surface area (Å²) in [6, 6.07) is 10.3. The van der Waals surface area contributed by atoms with Gasteiger partial charge in [0.25, 0.3) is 0 Å². The molecule has 0 unspecified atom stereocenters. The first-order valence-corrected chi connectivity index (χ1v) is 8.32. The summed E-state index contributed by atoms with van der Waals surface area (Å²) in [7, 11) is 0. The Kier molecular flexibility index (Phi) is 9.49. The lowest BCUT2D eigenvalue weighted by atomic mass is 9.90. The van der Waals surface area contributed by atoms with Crippen LogP contribution in [0, 0.1) is 48.5 Å². The zero-order valence-corrected chi connectivity index (χ0v) is 16.1. The van der Waals surface area contributed by atoms with E-state index in [1.54, 1.807) is 0 Å². The largest absolute Gasteiger partial charge is 0.0656 e. The van der Waals surface area contributed by atoms with E-state index in [9.17, 15) is 0 Å². The summed E-state index contributed by atoms with van der Waals surface area (Å²) < 4.78 is 0. The van der Waals surface area contributed by atoms with Crippen molar-refractivity contribution in [1.82, 2.24) is 0 Å². The smallest absolute Gasteiger partial charge is 0.0392 e. The van der Waals surface area contributed by atoms with Crippen LogP contribution >= 0.6 is 0 Å². The first-order chi connectivity index (χ1) is 10.3. The van der Waals surface area contributed by atoms with Crippen LogP contribution in [0.3, 0.4) is 0 Å². The predicted octanol–water partition coefficient (Wildman–Crippen LogP) is 6.95. The lowest BCUT2D eigenvalue weighted by Gasteiger charge is -2.15. The highest BCUT2D eigenvalue weighted by atomic mass is 14.1. The van der Waals surface area contributed by atoms with Gasteiger partial charge in [-0.15, -0.1) is 0 Å². The summed E-state index contributed by atoms with van der Waals surface area (Å²) in [5.74, 6) is 0. The van der Waals surface area contributed by atoms with Crippen molar-refractivity contribution in [3.8, 4) is 0 Å². The van der Waals surface area contributed by atoms with Crippen LogP contribution in [0.1, 0.15) is 59.2 Å². The van der Waals surface area contributed by atoms with Crippen LogP contribution in [-0.4, -0.2) is 0 Å². The third kappa shape index (κ3) is 6.05. The fraction of sp³-hybridized carbons (Fsp3) is 0.455. The molecule has 0 spiro atoms. The average molecular weight is 299 g/mol. The molecule has 0 aliphatic heterocycles. The van der Waals surface area contributed by atoms with E-state index in [0.29, 0.717) is 0 Å². The van der Waals surface area contributed by atoms with E-state index in [1.807, 2.05) is 18.2 Å². The fourth-order valence-electron chi connectivity index (χ4n) is 2.22. The minimum atomic E-state index is 1.25. The number of hydrogen-bond donors (Lipinski definition) is 0. The SMILES string of the molecule is CCC.Cc1c(C)c(C)c(C)c(C)c1C.Cc1ccccc1. The van der Waals surface area contributed by atoms with Crippen LogP contribution in [0.5, 0.6) is 0 Å². The molecular weight excluding hydrogens is 264 g/mol. The van der Waals surface area contributed by atoms with Crippen LogP contribution in [0.25, 0.3) is 0 Å². The molecular formula is C22H34. The van der Waals surface area contributed by atoms with Crippen LogP contribution < -0.4 is 0 Å². The Morgan fingerprint density at radius 1 is 0.500 bits per heavy atom. The van der Waals surface area contributed by atoms with Gasteiger partial charge in [-0.25, -0.2) is 0 Å². The highest BCUT2D eigenvalue weighted by Gasteiger charge is 2.07. The van der Waals surface area contributed by atoms with Crippen LogP contribution in [0.15, 0.2) is 30.3 Å². The van der Waals surface area contributed by atoms with Crippen molar-refractivity contribution in [3.05, 3.63) is 69.3 Å². The van der Waals surface area contributed by atoms with E-state index in [4.69, 9.17) is 0 Å². The van der Waals surface area contributed by atoms with Gasteiger partial charge in [0.15, 0.2) is 0 Å². The van der Waals surface area contributed by atoms with Crippen molar-refractivity contribution in [1.29, 1.82) is 0 Å². The maximum absolute atomic E-state index is 2.21. The van der Waals surface area contributed by atoms with Gasteiger partial charge < -0.3 is 0 Å². The van der Waals surface area contributed by atoms with Gasteiger partial charge in [0.1, 0.15) is 0 Å². The molecule has 0 radical (unpaired) electrons. The highest BCUT2D eigenvalue weighted by Crippen LogP contribution is 2.24. The lowest BCUT2D eigenvalue weighted by Crippen LogP contribution is -1.98. The molecule has 0 nitrogen and oxygen atoms in total. The fourth-order valence-corrected chi connectivity index (χ4v) is 2.22. The molecule has 0 atom stereocenters. The molecule has 0 aliphatic rings. The molecule has 0 saturated carbocycles. The Labute approximate surface area is 138 Å². The minimum Gasteiger partial charge on any atom is -0.0656 e. The number of hydrogen-bond acceptors (Lipinski definition) is 0. The van der Waals surface area contributed by atoms with Gasteiger partial charge in [0.05, 0.1) is 0 Å². The van der Waals surface area contributed by atoms with Crippen molar-refractivity contribution >= 4 is 0 Å². The third-order valence-corrected chi connectivity index (χ3v) is 4.32. The van der Waals surface area contributed by atoms with Crippen LogP contribution in [-0.2, 0) is 0 Å². The van der Waals surface area contributed by atoms with Gasteiger partial charge in [-0.1, -0.05) is 56.2 Å². The molecule has 0 heteroatoms. The topological polar surface area (TPSA) is 0 Å². The quantitative estimate of drug-likeness (QED) is 0.493. The average Bonchev–Trinajstić information content (AvgIpc) is 2.51. The molecule has 2 rings (SSSR count). The van der Waals surface area contributed by atoms with Crippen molar-refractivity contribution in [2.75, 3.05) is 0 Å². The molecule has 0 fully saturated rings. The Balaban J connectivity index is 0.000000372. The van der Waals surface area contributed by atoms with Crippen molar-refractivity contribution in [2.45, 2.75) is 68.7 Å². The van der Waals surface area contributed by atoms with E-state index in [2.05, 4.69) is 74.4 Å². The van der Waals surface area contributed by atoms with E-state index in [1.165, 1.54) is 45.4 Å². The second-order valence-electron chi connectivity index (χ2n) is 6.11. The lowest BCUT2D eigenvalue weighted by molar-refractivity contribution is 1.09. The van der Waals surface area contributed by atoms with Crippen LogP contribution in [0.4, 0.5) is 0 Å². The molecule has 2 aromatic rings. The van der Waals surface area contributed by atoms with Crippen LogP contribution in [0.2, 0.25) is 0 Å². The van der Waals surface area contributed by atoms with E-state index < -0.39 is 0 Å². The maximum Gasteiger partial charge on any atom is -0.0392 e. The normalized spacial score (nSPS) is 9.32. The van der Waals surface area contributed by atoms with Crippen molar-refractivity contribution < 1.29 is 0 Å². The highest BCUT2D eigenvalue weighted by molar-refractivity contribution is 5.48. The zero-order chi connectivity index (χ0) is 17.3. The number of benzene rings is 2. The Bertz CT molecular complexity index is 457. The molecule has 0 N–H and O–H groups in total. The van der Waals surface area contributed by atoms with Gasteiger partial charge in [0.2, 0.25) is 0 Å². The second kappa shape index (κ2) is 10.2. The summed E-state index contributed by atoms with van der Waals surface area (Å²) in [5, 5.41) is 0. The molecule has 122 valence electrons. The minimum absolute atomic E-state index is 1.25. The summed E-state index contributed by atoms with van der Waals surface area (Å²) in [5.41, 5.74) is 10.0. The van der Waals surface area contributed by atoms with Crippen molar-refractivity contribution in [3.63, 3.8) is 0 Å². The van der Waals surface area contributed by atoms with Gasteiger partial charge in [-0.05, 0) is 81.8 Å². The number of rotatable bonds is 0. The second-order valence-corrected chi connectivity index (χ2v) is 6.11. The van der Waals surface area contributed by atoms with Gasteiger partial charge in [-0.3, -0.25) is 0 Å². The maximum atomic E-state index is 2.21. The summed E-state index contributed by atoms with van der Waals surface area (Å²) in [6.45, 7) is 19.6. The summed E-state index contributed by atoms with van der Waals surface area (Å²) in [6.07, 6.45) is 1.25. The Hall–Kier alpha value is -1.56. The number of aryl methyl sites for hydroxylation is 1. The first kappa shape index (κ1) is 20.4. The molecule has 0 aliphatic carbocycles. The van der Waals surface area contributed by atoms with Crippen molar-refractivity contribution in [2.24, 2.45) is 0 Å². The molecule has 0 bridgehead atoms. The molecule has 22 heavy (non-hydrogen) atoms. The van der Waals surface area contributed by atoms with Gasteiger partial charge in [-0.2, -0.15) is 0 Å². The predicted molar refractivity (Wildman–Crippen MR) is 102 cm³/mol. The molecule has 0 heterocycles. The van der Waals surface area contributed by atoms with Gasteiger partial charge >= 0.3 is 0 Å². The molecule has 0 saturated heterocycles. The monoisotopic (exact) mass is 298 g/mol. The summed E-state index contributed by atoms with van der Waals surface area (Å²) >= 11 is 0. The van der Waals surface area contributed by atoms with E-state index in [0.717, 1.165) is 0 Å². The van der Waals surface area contributed by atoms with Gasteiger partial charge in [0, 0.05) is 0 Å². The molecule has 2 aromatic carbocycles.